The minimum atomic E-state index is -0.192. The summed E-state index contributed by atoms with van der Waals surface area (Å²) in [5, 5.41) is 0. The molecule has 3 aromatic rings. The van der Waals surface area contributed by atoms with E-state index in [-0.39, 0.29) is 11.9 Å². The van der Waals surface area contributed by atoms with Crippen molar-refractivity contribution in [1.82, 2.24) is 4.57 Å². The molecule has 0 bridgehead atoms. The molecule has 0 saturated carbocycles. The van der Waals surface area contributed by atoms with E-state index in [1.165, 1.54) is 22.8 Å². The van der Waals surface area contributed by atoms with Crippen molar-refractivity contribution >= 4 is 17.7 Å². The summed E-state index contributed by atoms with van der Waals surface area (Å²) in [7, 11) is 0. The van der Waals surface area contributed by atoms with Crippen molar-refractivity contribution < 1.29 is 9.13 Å². The normalized spacial score (nSPS) is 16.0. The van der Waals surface area contributed by atoms with Gasteiger partial charge in [0.1, 0.15) is 18.1 Å². The van der Waals surface area contributed by atoms with E-state index in [0.29, 0.717) is 24.6 Å². The van der Waals surface area contributed by atoms with Crippen molar-refractivity contribution in [3.8, 4) is 0 Å². The molecule has 4 rings (SSSR count). The van der Waals surface area contributed by atoms with E-state index >= 15 is 0 Å². The van der Waals surface area contributed by atoms with Crippen molar-refractivity contribution in [3.05, 3.63) is 94.6 Å². The molecular formula is C24H25FN2OS. The fourth-order valence-corrected chi connectivity index (χ4v) is 4.79. The monoisotopic (exact) mass is 408 g/mol. The number of nitrogens with zero attached hydrogens (tertiary/aromatic N) is 2. The van der Waals surface area contributed by atoms with E-state index in [1.54, 1.807) is 6.07 Å². The Labute approximate surface area is 175 Å². The molecule has 0 spiro atoms. The number of aryl methyl sites for hydroxylation is 2. The van der Waals surface area contributed by atoms with Gasteiger partial charge in [-0.05, 0) is 48.7 Å². The Balaban J connectivity index is 1.39. The van der Waals surface area contributed by atoms with Crippen molar-refractivity contribution in [2.45, 2.75) is 32.2 Å². The molecular weight excluding hydrogens is 383 g/mol. The van der Waals surface area contributed by atoms with Crippen LogP contribution in [-0.2, 0) is 17.0 Å². The molecule has 0 fully saturated rings. The zero-order valence-corrected chi connectivity index (χ0v) is 17.6. The van der Waals surface area contributed by atoms with Crippen LogP contribution in [0.15, 0.2) is 65.8 Å². The van der Waals surface area contributed by atoms with Gasteiger partial charge in [-0.1, -0.05) is 36.4 Å². The maximum absolute atomic E-state index is 14.0. The second-order valence-electron chi connectivity index (χ2n) is 7.40. The molecule has 29 heavy (non-hydrogen) atoms. The van der Waals surface area contributed by atoms with Crippen LogP contribution >= 0.6 is 11.8 Å². The van der Waals surface area contributed by atoms with Gasteiger partial charge in [0.2, 0.25) is 5.90 Å². The van der Waals surface area contributed by atoms with Gasteiger partial charge in [0, 0.05) is 23.3 Å². The molecule has 1 aliphatic heterocycles. The molecule has 2 aromatic carbocycles. The Kier molecular flexibility index (Phi) is 6.05. The first kappa shape index (κ1) is 19.8. The second-order valence-corrected chi connectivity index (χ2v) is 8.43. The Morgan fingerprint density at radius 3 is 2.66 bits per heavy atom. The molecule has 0 N–H and O–H groups in total. The van der Waals surface area contributed by atoms with E-state index in [9.17, 15) is 4.39 Å². The number of ether oxygens (including phenoxy) is 1. The number of benzene rings is 2. The third-order valence-electron chi connectivity index (χ3n) is 5.26. The Morgan fingerprint density at radius 1 is 1.07 bits per heavy atom. The van der Waals surface area contributed by atoms with Crippen LogP contribution < -0.4 is 0 Å². The first-order valence-electron chi connectivity index (χ1n) is 9.84. The molecule has 0 amide bonds. The Hall–Kier alpha value is -2.53. The Bertz CT molecular complexity index is 1010. The standard InChI is InChI=1S/C24H25FN2OS/c1-17-7-5-8-18(2)21(17)16-29-15-20-14-28-24(26-20)23-11-6-12-27(23)13-19-9-3-4-10-22(19)25/h3-12,20H,13-16H2,1-2H3/t20-/m1/s1. The zero-order valence-electron chi connectivity index (χ0n) is 16.8. The van der Waals surface area contributed by atoms with E-state index in [4.69, 9.17) is 9.73 Å². The molecule has 0 saturated heterocycles. The van der Waals surface area contributed by atoms with Gasteiger partial charge in [-0.15, -0.1) is 0 Å². The van der Waals surface area contributed by atoms with Crippen molar-refractivity contribution in [3.63, 3.8) is 0 Å². The number of thioether (sulfide) groups is 1. The molecule has 0 radical (unpaired) electrons. The smallest absolute Gasteiger partial charge is 0.233 e. The largest absolute Gasteiger partial charge is 0.474 e. The summed E-state index contributed by atoms with van der Waals surface area (Å²) in [6, 6.07) is 17.4. The highest BCUT2D eigenvalue weighted by Gasteiger charge is 2.22. The summed E-state index contributed by atoms with van der Waals surface area (Å²) in [4.78, 5) is 4.79. The first-order valence-corrected chi connectivity index (χ1v) is 11.0. The van der Waals surface area contributed by atoms with Crippen LogP contribution in [0.1, 0.15) is 27.9 Å². The van der Waals surface area contributed by atoms with Gasteiger partial charge in [-0.3, -0.25) is 0 Å². The van der Waals surface area contributed by atoms with Gasteiger partial charge in [-0.2, -0.15) is 11.8 Å². The number of aromatic nitrogens is 1. The predicted octanol–water partition coefficient (Wildman–Crippen LogP) is 5.37. The minimum absolute atomic E-state index is 0.149. The highest BCUT2D eigenvalue weighted by atomic mass is 32.2. The number of aliphatic imine (C=N–C) groups is 1. The van der Waals surface area contributed by atoms with Crippen LogP contribution in [0.4, 0.5) is 4.39 Å². The third-order valence-corrected chi connectivity index (χ3v) is 6.37. The maximum Gasteiger partial charge on any atom is 0.233 e. The van der Waals surface area contributed by atoms with E-state index in [0.717, 1.165) is 17.2 Å². The van der Waals surface area contributed by atoms with E-state index in [1.807, 2.05) is 46.8 Å². The van der Waals surface area contributed by atoms with Crippen LogP contribution in [0.5, 0.6) is 0 Å². The Morgan fingerprint density at radius 2 is 1.86 bits per heavy atom. The SMILES string of the molecule is Cc1cccc(C)c1CSC[C@H]1COC(c2cccn2Cc2ccccc2F)=N1. The molecule has 2 heterocycles. The summed E-state index contributed by atoms with van der Waals surface area (Å²) in [6.07, 6.45) is 1.94. The van der Waals surface area contributed by atoms with Gasteiger partial charge in [-0.25, -0.2) is 9.38 Å². The lowest BCUT2D eigenvalue weighted by Crippen LogP contribution is -2.11. The van der Waals surface area contributed by atoms with Crippen LogP contribution in [0.25, 0.3) is 0 Å². The predicted molar refractivity (Wildman–Crippen MR) is 118 cm³/mol. The van der Waals surface area contributed by atoms with Crippen LogP contribution in [0, 0.1) is 19.7 Å². The van der Waals surface area contributed by atoms with Crippen molar-refractivity contribution in [1.29, 1.82) is 0 Å². The second kappa shape index (κ2) is 8.87. The van der Waals surface area contributed by atoms with Gasteiger partial charge in [0.05, 0.1) is 12.6 Å². The fourth-order valence-electron chi connectivity index (χ4n) is 3.57. The molecule has 1 atom stereocenters. The van der Waals surface area contributed by atoms with Crippen LogP contribution in [0.3, 0.4) is 0 Å². The van der Waals surface area contributed by atoms with Gasteiger partial charge in [0.15, 0.2) is 0 Å². The van der Waals surface area contributed by atoms with Crippen LogP contribution in [0.2, 0.25) is 0 Å². The molecule has 5 heteroatoms. The van der Waals surface area contributed by atoms with Gasteiger partial charge in [0.25, 0.3) is 0 Å². The fraction of sp³-hybridized carbons (Fsp3) is 0.292. The molecule has 150 valence electrons. The maximum atomic E-state index is 14.0. The van der Waals surface area contributed by atoms with Crippen molar-refractivity contribution in [2.75, 3.05) is 12.4 Å². The lowest BCUT2D eigenvalue weighted by atomic mass is 10.1. The number of hydrogen-bond acceptors (Lipinski definition) is 3. The number of rotatable bonds is 7. The zero-order chi connectivity index (χ0) is 20.2. The van der Waals surface area contributed by atoms with E-state index in [2.05, 4.69) is 32.0 Å². The highest BCUT2D eigenvalue weighted by molar-refractivity contribution is 7.98. The molecule has 3 nitrogen and oxygen atoms in total. The third kappa shape index (κ3) is 4.56. The molecule has 1 aromatic heterocycles. The molecule has 1 aliphatic rings. The average Bonchev–Trinajstić information content (AvgIpc) is 3.35. The molecule has 0 unspecified atom stereocenters. The van der Waals surface area contributed by atoms with Crippen molar-refractivity contribution in [2.24, 2.45) is 4.99 Å². The number of hydrogen-bond donors (Lipinski definition) is 0. The summed E-state index contributed by atoms with van der Waals surface area (Å²) < 4.78 is 21.9. The topological polar surface area (TPSA) is 26.5 Å². The van der Waals surface area contributed by atoms with Crippen LogP contribution in [-0.4, -0.2) is 28.9 Å². The summed E-state index contributed by atoms with van der Waals surface area (Å²) in [6.45, 7) is 5.40. The molecule has 0 aliphatic carbocycles. The number of halogens is 1. The quantitative estimate of drug-likeness (QED) is 0.525. The highest BCUT2D eigenvalue weighted by Crippen LogP contribution is 2.23. The lowest BCUT2D eigenvalue weighted by molar-refractivity contribution is 0.323. The van der Waals surface area contributed by atoms with E-state index < -0.39 is 0 Å². The lowest BCUT2D eigenvalue weighted by Gasteiger charge is -2.10. The summed E-state index contributed by atoms with van der Waals surface area (Å²) in [5.41, 5.74) is 5.66. The minimum Gasteiger partial charge on any atom is -0.474 e. The van der Waals surface area contributed by atoms with Gasteiger partial charge < -0.3 is 9.30 Å². The first-order chi connectivity index (χ1) is 14.1. The summed E-state index contributed by atoms with van der Waals surface area (Å²) >= 11 is 1.90. The summed E-state index contributed by atoms with van der Waals surface area (Å²) in [5.74, 6) is 2.38. The van der Waals surface area contributed by atoms with Gasteiger partial charge >= 0.3 is 0 Å². The average molecular weight is 409 g/mol.